The van der Waals surface area contributed by atoms with Crippen molar-refractivity contribution in [1.82, 2.24) is 74.4 Å². The molecule has 17 aromatic rings. The second kappa shape index (κ2) is 37.4. The van der Waals surface area contributed by atoms with Crippen LogP contribution in [0.5, 0.6) is 0 Å². The fourth-order valence-corrected chi connectivity index (χ4v) is 15.3. The molecule has 26 heteroatoms. The molecular weight excluding hydrogens is 1600 g/mol. The van der Waals surface area contributed by atoms with Gasteiger partial charge in [-0.2, -0.15) is 0 Å². The molecule has 0 aliphatic heterocycles. The van der Waals surface area contributed by atoms with Crippen molar-refractivity contribution in [2.75, 3.05) is 5.73 Å². The van der Waals surface area contributed by atoms with Gasteiger partial charge in [-0.25, -0.2) is 15.0 Å². The molecule has 8 aromatic heterocycles. The van der Waals surface area contributed by atoms with Crippen LogP contribution in [0.3, 0.4) is 0 Å². The first kappa shape index (κ1) is 83.0. The lowest BCUT2D eigenvalue weighted by atomic mass is 10.1. The first-order valence-electron chi connectivity index (χ1n) is 38.2. The van der Waals surface area contributed by atoms with E-state index in [1.54, 1.807) is 92.6 Å². The standard InChI is InChI=1S/C27H20ClN3O2.C23H19ClN4O2.C23H19ClN4O.C22H18ClN5O/c1-17(30-26(32)21-14-15-29-23-13-6-5-11-20(21)23)24-16-18-8-7-12-22(28)25(18)27(33)31(24)19-9-3-2-4-10-19;1-14(27-22(29)21-15(2)25-11-12-26-21)19-13-16-7-6-10-18(24)20(16)23(30)28(19)17-8-4-3-5-9-17;1-15(20-14-25-11-12-26-20)27-16(2)21-13-17-7-6-10-19(24)22(17)23(29)28(21)18-8-4-3-5-9-18;1-14(20-21(24)26-11-10-25-20)27-13-17-12-15-6-5-9-18(23)19(15)22(29)28(17)16-7-3-2-4-8-16/h2-17H,1H3,(H,30,32);3-14H,1-2H3,(H,27,29);3-14,16,27H,1H2,2H3;2-12,27H,1,13H2,(H2,24,26)/t17-;14-;16-;/m000./s1. The zero-order chi connectivity index (χ0) is 85.0. The smallest absolute Gasteiger partial charge is 0.272 e. The molecule has 0 fully saturated rings. The van der Waals surface area contributed by atoms with Crippen LogP contribution in [0.1, 0.15) is 99.6 Å². The van der Waals surface area contributed by atoms with E-state index in [0.29, 0.717) is 110 Å². The van der Waals surface area contributed by atoms with Crippen LogP contribution in [0.4, 0.5) is 5.82 Å². The van der Waals surface area contributed by atoms with Gasteiger partial charge in [0, 0.05) is 94.3 Å². The number of rotatable bonds is 18. The summed E-state index contributed by atoms with van der Waals surface area (Å²) in [6, 6.07) is 74.9. The van der Waals surface area contributed by atoms with E-state index in [9.17, 15) is 28.8 Å². The van der Waals surface area contributed by atoms with Crippen LogP contribution in [0, 0.1) is 6.92 Å². The molecule has 0 saturated heterocycles. The Morgan fingerprint density at radius 2 is 0.785 bits per heavy atom. The molecule has 0 saturated carbocycles. The second-order valence-electron chi connectivity index (χ2n) is 27.9. The first-order valence-corrected chi connectivity index (χ1v) is 39.7. The van der Waals surface area contributed by atoms with Crippen molar-refractivity contribution in [3.05, 3.63) is 424 Å². The summed E-state index contributed by atoms with van der Waals surface area (Å²) in [5.74, 6) is -0.304. The number of halogens is 4. The summed E-state index contributed by atoms with van der Waals surface area (Å²) < 4.78 is 6.54. The molecule has 8 heterocycles. The average molecular weight is 1680 g/mol. The Kier molecular flexibility index (Phi) is 25.6. The number of pyridine rings is 5. The summed E-state index contributed by atoms with van der Waals surface area (Å²) in [6.07, 6.45) is 12.6. The van der Waals surface area contributed by atoms with E-state index in [1.165, 1.54) is 18.6 Å². The van der Waals surface area contributed by atoms with Gasteiger partial charge < -0.3 is 27.0 Å². The van der Waals surface area contributed by atoms with Crippen molar-refractivity contribution in [2.45, 2.75) is 52.4 Å². The largest absolute Gasteiger partial charge is 0.382 e. The van der Waals surface area contributed by atoms with E-state index in [-0.39, 0.29) is 51.6 Å². The summed E-state index contributed by atoms with van der Waals surface area (Å²) in [6.45, 7) is 15.8. The van der Waals surface area contributed by atoms with E-state index in [1.807, 2.05) is 233 Å². The van der Waals surface area contributed by atoms with Gasteiger partial charge in [-0.15, -0.1) is 0 Å². The highest BCUT2D eigenvalue weighted by Crippen LogP contribution is 2.32. The predicted molar refractivity (Wildman–Crippen MR) is 483 cm³/mol. The fourth-order valence-electron chi connectivity index (χ4n) is 14.2. The molecule has 17 rings (SSSR count). The number of aryl methyl sites for hydroxylation is 1. The van der Waals surface area contributed by atoms with Crippen molar-refractivity contribution in [1.29, 1.82) is 0 Å². The van der Waals surface area contributed by atoms with E-state index in [4.69, 9.17) is 52.1 Å². The molecule has 3 atom stereocenters. The van der Waals surface area contributed by atoms with Crippen LogP contribution >= 0.6 is 46.4 Å². The Morgan fingerprint density at radius 1 is 0.397 bits per heavy atom. The molecule has 121 heavy (non-hydrogen) atoms. The molecule has 600 valence electrons. The summed E-state index contributed by atoms with van der Waals surface area (Å²) in [5, 5.41) is 19.8. The van der Waals surface area contributed by atoms with Crippen LogP contribution in [0.2, 0.25) is 20.1 Å². The number of para-hydroxylation sites is 5. The van der Waals surface area contributed by atoms with Gasteiger partial charge in [0.1, 0.15) is 17.1 Å². The third-order valence-corrected chi connectivity index (χ3v) is 21.2. The number of nitrogens with zero attached hydrogens (tertiary/aromatic N) is 11. The molecule has 6 N–H and O–H groups in total. The highest BCUT2D eigenvalue weighted by Gasteiger charge is 2.25. The van der Waals surface area contributed by atoms with Crippen molar-refractivity contribution >= 4 is 129 Å². The first-order chi connectivity index (χ1) is 58.6. The molecule has 0 bridgehead atoms. The van der Waals surface area contributed by atoms with Gasteiger partial charge in [0.05, 0.1) is 101 Å². The Bertz CT molecular complexity index is 7040. The third kappa shape index (κ3) is 18.1. The van der Waals surface area contributed by atoms with Crippen molar-refractivity contribution < 1.29 is 9.59 Å². The van der Waals surface area contributed by atoms with Crippen molar-refractivity contribution in [3.8, 4) is 22.7 Å². The number of nitrogens with one attached hydrogen (secondary N) is 4. The Morgan fingerprint density at radius 3 is 1.23 bits per heavy atom. The zero-order valence-electron chi connectivity index (χ0n) is 65.6. The summed E-state index contributed by atoms with van der Waals surface area (Å²) in [4.78, 5) is 109. The molecule has 0 spiro atoms. The SMILES string of the molecule is C=C(NCc1cc2cccc(Cl)c2c(=O)n1-c1ccccc1)c1nccnc1N.C=C(N[C@@H](C)c1cc2cccc(Cl)c2c(=O)n1-c1ccccc1)c1cnccn1.C[C@H](NC(=O)c1ccnc2ccccc12)c1cc2cccc(Cl)c2c(=O)n1-c1ccccc1.Cc1nccnc1C(=O)N[C@@H](C)c1cc2cccc(Cl)c2c(=O)n1-c1ccccc1. The number of carbonyl (C=O) groups is 2. The van der Waals surface area contributed by atoms with Crippen LogP contribution in [-0.4, -0.2) is 65.0 Å². The van der Waals surface area contributed by atoms with Crippen LogP contribution in [0.25, 0.3) is 88.1 Å². The monoisotopic (exact) mass is 1680 g/mol. The summed E-state index contributed by atoms with van der Waals surface area (Å²) in [7, 11) is 0. The maximum atomic E-state index is 13.6. The van der Waals surface area contributed by atoms with Gasteiger partial charge in [0.25, 0.3) is 34.1 Å². The molecule has 2 amide bonds. The van der Waals surface area contributed by atoms with Gasteiger partial charge in [0.2, 0.25) is 0 Å². The Balaban J connectivity index is 0.000000132. The molecule has 0 aliphatic rings. The van der Waals surface area contributed by atoms with Gasteiger partial charge in [-0.3, -0.25) is 67.0 Å². The third-order valence-electron chi connectivity index (χ3n) is 20.0. The maximum absolute atomic E-state index is 13.6. The molecule has 0 aliphatic carbocycles. The normalized spacial score (nSPS) is 11.7. The van der Waals surface area contributed by atoms with E-state index >= 15 is 0 Å². The van der Waals surface area contributed by atoms with Gasteiger partial charge in [-0.05, 0) is 158 Å². The number of hydrogen-bond acceptors (Lipinski definition) is 16. The van der Waals surface area contributed by atoms with Crippen LogP contribution in [0.15, 0.2) is 331 Å². The number of nitrogen functional groups attached to an aromatic ring is 1. The van der Waals surface area contributed by atoms with E-state index in [0.717, 1.165) is 49.8 Å². The number of hydrogen-bond donors (Lipinski definition) is 5. The van der Waals surface area contributed by atoms with Crippen LogP contribution < -0.4 is 49.2 Å². The lowest BCUT2D eigenvalue weighted by Gasteiger charge is -2.22. The molecule has 22 nitrogen and oxygen atoms in total. The summed E-state index contributed by atoms with van der Waals surface area (Å²) >= 11 is 25.4. The quantitative estimate of drug-likeness (QED) is 0.0534. The highest BCUT2D eigenvalue weighted by molar-refractivity contribution is 6.37. The minimum Gasteiger partial charge on any atom is -0.382 e. The number of benzene rings is 9. The van der Waals surface area contributed by atoms with Gasteiger partial charge >= 0.3 is 0 Å². The lowest BCUT2D eigenvalue weighted by Crippen LogP contribution is -2.33. The molecule has 0 unspecified atom stereocenters. The summed E-state index contributed by atoms with van der Waals surface area (Å²) in [5.41, 5.74) is 15.2. The Hall–Kier alpha value is -14.6. The second-order valence-corrected chi connectivity index (χ2v) is 29.5. The fraction of sp³-hybridized carbons (Fsp3) is 0.0842. The molecule has 9 aromatic carbocycles. The van der Waals surface area contributed by atoms with E-state index in [2.05, 4.69) is 69.3 Å². The number of amides is 2. The average Bonchev–Trinajstić information content (AvgIpc) is 0.766. The minimum atomic E-state index is -0.477. The number of anilines is 1. The molecular formula is C95H76Cl4N16O6. The highest BCUT2D eigenvalue weighted by atomic mass is 35.5. The topological polar surface area (TPSA) is 287 Å². The minimum absolute atomic E-state index is 0.159. The number of aromatic nitrogens is 11. The van der Waals surface area contributed by atoms with Crippen LogP contribution in [-0.2, 0) is 6.54 Å². The maximum Gasteiger partial charge on any atom is 0.272 e. The van der Waals surface area contributed by atoms with E-state index < -0.39 is 12.1 Å². The van der Waals surface area contributed by atoms with Gasteiger partial charge in [-0.1, -0.05) is 199 Å². The zero-order valence-corrected chi connectivity index (χ0v) is 68.6. The molecule has 0 radical (unpaired) electrons. The number of nitrogens with two attached hydrogens (primary N) is 1. The predicted octanol–water partition coefficient (Wildman–Crippen LogP) is 18.4. The number of fused-ring (bicyclic) bond motifs is 5. The Labute approximate surface area is 713 Å². The lowest BCUT2D eigenvalue weighted by molar-refractivity contribution is 0.0927. The van der Waals surface area contributed by atoms with Crippen molar-refractivity contribution in [2.24, 2.45) is 0 Å². The van der Waals surface area contributed by atoms with Gasteiger partial charge in [0.15, 0.2) is 5.82 Å². The number of carbonyl (C=O) groups excluding carboxylic acids is 2. The van der Waals surface area contributed by atoms with Crippen molar-refractivity contribution in [3.63, 3.8) is 0 Å².